The van der Waals surface area contributed by atoms with Crippen LogP contribution in [0.25, 0.3) is 0 Å². The number of rotatable bonds is 7. The highest BCUT2D eigenvalue weighted by molar-refractivity contribution is 5.68. The topological polar surface area (TPSA) is 70.6 Å². The summed E-state index contributed by atoms with van der Waals surface area (Å²) in [7, 11) is 0. The Kier molecular flexibility index (Phi) is 7.30. The van der Waals surface area contributed by atoms with Crippen LogP contribution >= 0.6 is 0 Å². The van der Waals surface area contributed by atoms with Crippen LogP contribution in [0.3, 0.4) is 0 Å². The second kappa shape index (κ2) is 10.2. The first-order chi connectivity index (χ1) is 16.2. The lowest BCUT2D eigenvalue weighted by atomic mass is 9.97. The number of hydrogen-bond donors (Lipinski definition) is 1. The molecule has 4 rings (SSSR count). The molecule has 9 heteroatoms. The van der Waals surface area contributed by atoms with E-state index < -0.39 is 17.5 Å². The van der Waals surface area contributed by atoms with Crippen molar-refractivity contribution in [2.75, 3.05) is 31.5 Å². The highest BCUT2D eigenvalue weighted by Crippen LogP contribution is 2.40. The fourth-order valence-corrected chi connectivity index (χ4v) is 4.22. The summed E-state index contributed by atoms with van der Waals surface area (Å²) in [6.45, 7) is 8.95. The Morgan fingerprint density at radius 2 is 1.71 bits per heavy atom. The van der Waals surface area contributed by atoms with Crippen molar-refractivity contribution in [3.8, 4) is 0 Å². The summed E-state index contributed by atoms with van der Waals surface area (Å²) in [6.07, 6.45) is 3.42. The molecule has 2 heterocycles. The molecule has 0 bridgehead atoms. The van der Waals surface area contributed by atoms with Crippen molar-refractivity contribution in [2.45, 2.75) is 58.2 Å². The van der Waals surface area contributed by atoms with Crippen molar-refractivity contribution in [3.63, 3.8) is 0 Å². The van der Waals surface area contributed by atoms with E-state index in [4.69, 9.17) is 4.74 Å². The number of carbonyl (C=O) groups excluding carboxylic acids is 1. The number of nitrogens with zero attached hydrogens (tertiary/aromatic N) is 4. The number of piperazine rings is 1. The lowest BCUT2D eigenvalue weighted by Gasteiger charge is -2.40. The van der Waals surface area contributed by atoms with Gasteiger partial charge in [-0.3, -0.25) is 4.90 Å². The maximum Gasteiger partial charge on any atom is 0.410 e. The monoisotopic (exact) mass is 473 g/mol. The molecule has 1 atom stereocenters. The van der Waals surface area contributed by atoms with Crippen LogP contribution in [0.2, 0.25) is 0 Å². The van der Waals surface area contributed by atoms with Crippen molar-refractivity contribution in [2.24, 2.45) is 5.92 Å². The molecule has 1 saturated heterocycles. The molecule has 1 saturated carbocycles. The smallest absolute Gasteiger partial charge is 0.410 e. The van der Waals surface area contributed by atoms with Crippen LogP contribution in [0.4, 0.5) is 19.5 Å². The molecule has 2 fully saturated rings. The molecule has 1 aliphatic heterocycles. The van der Waals surface area contributed by atoms with Gasteiger partial charge < -0.3 is 15.0 Å². The summed E-state index contributed by atoms with van der Waals surface area (Å²) in [5, 5.41) is 2.87. The van der Waals surface area contributed by atoms with Gasteiger partial charge in [0.05, 0.1) is 0 Å². The Balaban J connectivity index is 1.36. The average molecular weight is 474 g/mol. The van der Waals surface area contributed by atoms with E-state index in [1.54, 1.807) is 4.90 Å². The molecule has 1 N–H and O–H groups in total. The third kappa shape index (κ3) is 6.85. The molecule has 7 nitrogen and oxygen atoms in total. The number of carbonyl (C=O) groups is 1. The summed E-state index contributed by atoms with van der Waals surface area (Å²) >= 11 is 0. The molecular weight excluding hydrogens is 440 g/mol. The number of anilines is 1. The van der Waals surface area contributed by atoms with Crippen molar-refractivity contribution in [3.05, 3.63) is 53.4 Å². The van der Waals surface area contributed by atoms with Gasteiger partial charge >= 0.3 is 6.09 Å². The number of benzene rings is 1. The van der Waals surface area contributed by atoms with Gasteiger partial charge in [-0.05, 0) is 44.2 Å². The molecule has 1 aromatic heterocycles. The molecule has 1 amide bonds. The Labute approximate surface area is 199 Å². The van der Waals surface area contributed by atoms with Gasteiger partial charge in [-0.1, -0.05) is 37.1 Å². The highest BCUT2D eigenvalue weighted by Gasteiger charge is 2.33. The molecule has 0 spiro atoms. The third-order valence-corrected chi connectivity index (χ3v) is 6.14. The summed E-state index contributed by atoms with van der Waals surface area (Å²) in [5.74, 6) is -1.12. The van der Waals surface area contributed by atoms with Crippen LogP contribution in [-0.2, 0) is 11.3 Å². The fourth-order valence-electron chi connectivity index (χ4n) is 4.22. The van der Waals surface area contributed by atoms with Crippen molar-refractivity contribution < 1.29 is 18.3 Å². The molecule has 34 heavy (non-hydrogen) atoms. The first kappa shape index (κ1) is 24.3. The van der Waals surface area contributed by atoms with Gasteiger partial charge in [-0.25, -0.2) is 4.79 Å². The van der Waals surface area contributed by atoms with Crippen molar-refractivity contribution >= 4 is 12.0 Å². The van der Waals surface area contributed by atoms with Crippen molar-refractivity contribution in [1.82, 2.24) is 19.8 Å². The summed E-state index contributed by atoms with van der Waals surface area (Å²) in [5.41, 5.74) is 1.72. The lowest BCUT2D eigenvalue weighted by Crippen LogP contribution is -2.50. The second-order valence-electron chi connectivity index (χ2n) is 10.1. The van der Waals surface area contributed by atoms with E-state index in [2.05, 4.69) is 32.3 Å². The van der Waals surface area contributed by atoms with E-state index in [0.717, 1.165) is 31.0 Å². The Morgan fingerprint density at radius 1 is 1.09 bits per heavy atom. The van der Waals surface area contributed by atoms with Crippen LogP contribution in [-0.4, -0.2) is 57.6 Å². The zero-order chi connectivity index (χ0) is 24.3. The number of aromatic nitrogens is 2. The van der Waals surface area contributed by atoms with Gasteiger partial charge in [0.15, 0.2) is 0 Å². The minimum atomic E-state index is -0.903. The van der Waals surface area contributed by atoms with Crippen LogP contribution in [0.15, 0.2) is 30.3 Å². The maximum absolute atomic E-state index is 13.3. The molecule has 1 aliphatic carbocycles. The van der Waals surface area contributed by atoms with Gasteiger partial charge in [0.2, 0.25) is 17.8 Å². The number of hydrogen-bond acceptors (Lipinski definition) is 6. The largest absolute Gasteiger partial charge is 0.444 e. The quantitative estimate of drug-likeness (QED) is 0.585. The van der Waals surface area contributed by atoms with Gasteiger partial charge in [-0.15, -0.1) is 0 Å². The average Bonchev–Trinajstić information content (AvgIpc) is 3.59. The van der Waals surface area contributed by atoms with Crippen molar-refractivity contribution in [1.29, 1.82) is 0 Å². The second-order valence-corrected chi connectivity index (χ2v) is 10.1. The first-order valence-electron chi connectivity index (χ1n) is 11.9. The Bertz CT molecular complexity index is 964. The van der Waals surface area contributed by atoms with E-state index in [-0.39, 0.29) is 12.0 Å². The first-order valence-corrected chi connectivity index (χ1v) is 11.9. The predicted molar refractivity (Wildman–Crippen MR) is 125 cm³/mol. The van der Waals surface area contributed by atoms with Gasteiger partial charge in [0.1, 0.15) is 5.60 Å². The summed E-state index contributed by atoms with van der Waals surface area (Å²) in [4.78, 5) is 23.8. The van der Waals surface area contributed by atoms with E-state index >= 15 is 0 Å². The molecule has 0 radical (unpaired) electrons. The molecule has 1 aromatic carbocycles. The summed E-state index contributed by atoms with van der Waals surface area (Å²) < 4.78 is 32.0. The van der Waals surface area contributed by atoms with E-state index in [1.807, 2.05) is 32.9 Å². The molecule has 1 unspecified atom stereocenters. The number of ether oxygens (including phenoxy) is 1. The van der Waals surface area contributed by atoms with Gasteiger partial charge in [-0.2, -0.15) is 18.7 Å². The minimum Gasteiger partial charge on any atom is -0.444 e. The fraction of sp³-hybridized carbons (Fsp3) is 0.560. The van der Waals surface area contributed by atoms with Crippen LogP contribution in [0.5, 0.6) is 0 Å². The van der Waals surface area contributed by atoms with Gasteiger partial charge in [0, 0.05) is 44.8 Å². The lowest BCUT2D eigenvalue weighted by molar-refractivity contribution is 0.00941. The van der Waals surface area contributed by atoms with Crippen LogP contribution < -0.4 is 5.32 Å². The third-order valence-electron chi connectivity index (χ3n) is 6.14. The highest BCUT2D eigenvalue weighted by atomic mass is 19.1. The van der Waals surface area contributed by atoms with E-state index in [9.17, 15) is 13.6 Å². The van der Waals surface area contributed by atoms with Crippen LogP contribution in [0.1, 0.15) is 57.2 Å². The molecule has 2 aliphatic rings. The number of halogens is 2. The Morgan fingerprint density at radius 3 is 2.26 bits per heavy atom. The van der Waals surface area contributed by atoms with Crippen LogP contribution in [0, 0.1) is 17.8 Å². The maximum atomic E-state index is 13.3. The molecule has 2 aromatic rings. The zero-order valence-electron chi connectivity index (χ0n) is 20.1. The standard InChI is InChI=1S/C25H33F2N5O2/c1-25(2,3)34-24(33)32-12-10-31(11-13-32)20(14-17-4-5-17)19-8-6-18(7-9-19)16-28-23-29-21(26)15-22(27)30-23/h6-9,15,17,20H,4-5,10-14,16H2,1-3H3,(H,28,29,30). The molecular formula is C25H33F2N5O2. The van der Waals surface area contributed by atoms with E-state index in [1.165, 1.54) is 18.4 Å². The van der Waals surface area contributed by atoms with Gasteiger partial charge in [0.25, 0.3) is 0 Å². The molecule has 184 valence electrons. The number of amides is 1. The summed E-state index contributed by atoms with van der Waals surface area (Å²) in [6, 6.07) is 9.24. The number of nitrogens with one attached hydrogen (secondary N) is 1. The predicted octanol–water partition coefficient (Wildman–Crippen LogP) is 4.76. The Hall–Kier alpha value is -2.81. The SMILES string of the molecule is CC(C)(C)OC(=O)N1CCN(C(CC2CC2)c2ccc(CNc3nc(F)cc(F)n3)cc2)CC1. The van der Waals surface area contributed by atoms with E-state index in [0.29, 0.717) is 31.7 Å². The minimum absolute atomic E-state index is 0.0731. The normalized spacial score (nSPS) is 18.0. The zero-order valence-corrected chi connectivity index (χ0v) is 20.1.